The van der Waals surface area contributed by atoms with Gasteiger partial charge in [0.1, 0.15) is 5.69 Å². The molecule has 1 fully saturated rings. The molecule has 0 saturated carbocycles. The van der Waals surface area contributed by atoms with E-state index in [1.54, 1.807) is 12.1 Å². The fraction of sp³-hybridized carbons (Fsp3) is 0.571. The number of carbonyl (C=O) groups excluding carboxylic acids is 1. The van der Waals surface area contributed by atoms with Crippen molar-refractivity contribution in [3.63, 3.8) is 0 Å². The summed E-state index contributed by atoms with van der Waals surface area (Å²) in [7, 11) is 2.16. The Hall–Kier alpha value is -1.04. The number of likely N-dealkylation sites (tertiary alicyclic amines) is 1. The van der Waals surface area contributed by atoms with Gasteiger partial charge in [-0.25, -0.2) is 4.98 Å². The summed E-state index contributed by atoms with van der Waals surface area (Å²) in [4.78, 5) is 18.2. The SMILES string of the molecule is CN1CCC(CCNC(=O)c2ccc(N)cn2)CC1.Cl.Cl. The second-order valence-corrected chi connectivity index (χ2v) is 5.27. The summed E-state index contributed by atoms with van der Waals surface area (Å²) in [5.74, 6) is 0.615. The van der Waals surface area contributed by atoms with Crippen LogP contribution in [0.1, 0.15) is 29.8 Å². The predicted molar refractivity (Wildman–Crippen MR) is 90.3 cm³/mol. The van der Waals surface area contributed by atoms with E-state index in [9.17, 15) is 4.79 Å². The minimum atomic E-state index is -0.118. The zero-order chi connectivity index (χ0) is 13.7. The van der Waals surface area contributed by atoms with Gasteiger partial charge < -0.3 is 16.0 Å². The summed E-state index contributed by atoms with van der Waals surface area (Å²) in [5, 5.41) is 2.92. The Kier molecular flexibility index (Phi) is 9.33. The fourth-order valence-corrected chi connectivity index (χ4v) is 2.37. The van der Waals surface area contributed by atoms with Crippen molar-refractivity contribution in [2.45, 2.75) is 19.3 Å². The van der Waals surface area contributed by atoms with Gasteiger partial charge in [0.05, 0.1) is 11.9 Å². The van der Waals surface area contributed by atoms with Gasteiger partial charge in [-0.15, -0.1) is 24.8 Å². The quantitative estimate of drug-likeness (QED) is 0.883. The van der Waals surface area contributed by atoms with Crippen LogP contribution >= 0.6 is 24.8 Å². The molecule has 0 aliphatic carbocycles. The van der Waals surface area contributed by atoms with Gasteiger partial charge in [-0.1, -0.05) is 0 Å². The molecule has 7 heteroatoms. The van der Waals surface area contributed by atoms with Gasteiger partial charge in [0.25, 0.3) is 5.91 Å². The highest BCUT2D eigenvalue weighted by atomic mass is 35.5. The highest BCUT2D eigenvalue weighted by Crippen LogP contribution is 2.18. The number of rotatable bonds is 4. The molecular formula is C14H24Cl2N4O. The van der Waals surface area contributed by atoms with Crippen molar-refractivity contribution in [3.05, 3.63) is 24.0 Å². The highest BCUT2D eigenvalue weighted by molar-refractivity contribution is 5.92. The Labute approximate surface area is 138 Å². The molecule has 0 aromatic carbocycles. The maximum atomic E-state index is 11.8. The molecule has 1 aliphatic rings. The first kappa shape index (κ1) is 20.0. The topological polar surface area (TPSA) is 71.2 Å². The normalized spacial score (nSPS) is 15.7. The van der Waals surface area contributed by atoms with E-state index in [2.05, 4.69) is 22.2 Å². The number of nitrogens with two attached hydrogens (primary N) is 1. The predicted octanol–water partition coefficient (Wildman–Crippen LogP) is 1.97. The van der Waals surface area contributed by atoms with E-state index in [1.807, 2.05) is 0 Å². The minimum absolute atomic E-state index is 0. The standard InChI is InChI=1S/C14H22N4O.2ClH/c1-18-8-5-11(6-9-18)4-7-16-14(19)13-3-2-12(15)10-17-13;;/h2-3,10-11H,4-9,15H2,1H3,(H,16,19);2*1H. The third-order valence-corrected chi connectivity index (χ3v) is 3.70. The lowest BCUT2D eigenvalue weighted by atomic mass is 9.94. The maximum Gasteiger partial charge on any atom is 0.269 e. The Balaban J connectivity index is 0.00000200. The number of hydrogen-bond acceptors (Lipinski definition) is 4. The lowest BCUT2D eigenvalue weighted by Gasteiger charge is -2.28. The zero-order valence-electron chi connectivity index (χ0n) is 12.2. The summed E-state index contributed by atoms with van der Waals surface area (Å²) in [6.45, 7) is 3.05. The average molecular weight is 335 g/mol. The Morgan fingerprint density at radius 3 is 2.62 bits per heavy atom. The Morgan fingerprint density at radius 2 is 2.05 bits per heavy atom. The van der Waals surface area contributed by atoms with Crippen LogP contribution in [0.2, 0.25) is 0 Å². The number of halogens is 2. The van der Waals surface area contributed by atoms with E-state index in [0.29, 0.717) is 11.4 Å². The maximum absolute atomic E-state index is 11.8. The van der Waals surface area contributed by atoms with Gasteiger partial charge in [-0.3, -0.25) is 4.79 Å². The van der Waals surface area contributed by atoms with Crippen LogP contribution < -0.4 is 11.1 Å². The van der Waals surface area contributed by atoms with E-state index in [4.69, 9.17) is 5.73 Å². The summed E-state index contributed by atoms with van der Waals surface area (Å²) >= 11 is 0. The van der Waals surface area contributed by atoms with E-state index in [0.717, 1.165) is 32.0 Å². The third-order valence-electron chi connectivity index (χ3n) is 3.70. The van der Waals surface area contributed by atoms with E-state index in [-0.39, 0.29) is 30.7 Å². The summed E-state index contributed by atoms with van der Waals surface area (Å²) in [5.41, 5.74) is 6.54. The highest BCUT2D eigenvalue weighted by Gasteiger charge is 2.16. The zero-order valence-corrected chi connectivity index (χ0v) is 13.9. The molecule has 0 atom stereocenters. The fourth-order valence-electron chi connectivity index (χ4n) is 2.37. The molecule has 2 heterocycles. The molecule has 3 N–H and O–H groups in total. The number of amides is 1. The number of pyridine rings is 1. The second kappa shape index (κ2) is 9.82. The number of nitrogens with zero attached hydrogens (tertiary/aromatic N) is 2. The van der Waals surface area contributed by atoms with Gasteiger partial charge in [0, 0.05) is 6.54 Å². The molecule has 1 aromatic rings. The molecule has 1 aromatic heterocycles. The van der Waals surface area contributed by atoms with Crippen molar-refractivity contribution in [1.29, 1.82) is 0 Å². The molecule has 1 amide bonds. The van der Waals surface area contributed by atoms with Gasteiger partial charge >= 0.3 is 0 Å². The molecule has 21 heavy (non-hydrogen) atoms. The molecule has 0 bridgehead atoms. The van der Waals surface area contributed by atoms with E-state index < -0.39 is 0 Å². The molecule has 0 unspecified atom stereocenters. The van der Waals surface area contributed by atoms with Crippen molar-refractivity contribution in [2.75, 3.05) is 32.4 Å². The molecule has 1 saturated heterocycles. The summed E-state index contributed by atoms with van der Waals surface area (Å²) in [6.07, 6.45) is 5.01. The largest absolute Gasteiger partial charge is 0.397 e. The van der Waals surface area contributed by atoms with Crippen LogP contribution in [0.4, 0.5) is 5.69 Å². The molecule has 0 spiro atoms. The van der Waals surface area contributed by atoms with Gasteiger partial charge in [0.2, 0.25) is 0 Å². The molecule has 120 valence electrons. The van der Waals surface area contributed by atoms with Crippen LogP contribution in [0.3, 0.4) is 0 Å². The van der Waals surface area contributed by atoms with Crippen molar-refractivity contribution < 1.29 is 4.79 Å². The van der Waals surface area contributed by atoms with Crippen LogP contribution in [0.15, 0.2) is 18.3 Å². The number of carbonyl (C=O) groups is 1. The smallest absolute Gasteiger partial charge is 0.269 e. The lowest BCUT2D eigenvalue weighted by molar-refractivity contribution is 0.0944. The minimum Gasteiger partial charge on any atom is -0.397 e. The van der Waals surface area contributed by atoms with Crippen LogP contribution in [-0.4, -0.2) is 42.5 Å². The number of nitrogens with one attached hydrogen (secondary N) is 1. The second-order valence-electron chi connectivity index (χ2n) is 5.27. The molecule has 1 aliphatic heterocycles. The van der Waals surface area contributed by atoms with Crippen LogP contribution in [0.5, 0.6) is 0 Å². The van der Waals surface area contributed by atoms with Crippen LogP contribution in [-0.2, 0) is 0 Å². The summed E-state index contributed by atoms with van der Waals surface area (Å²) in [6, 6.07) is 3.35. The average Bonchev–Trinajstić information content (AvgIpc) is 2.41. The first-order chi connectivity index (χ1) is 9.15. The third kappa shape index (κ3) is 6.50. The molecular weight excluding hydrogens is 311 g/mol. The molecule has 5 nitrogen and oxygen atoms in total. The summed E-state index contributed by atoms with van der Waals surface area (Å²) < 4.78 is 0. The molecule has 0 radical (unpaired) electrons. The van der Waals surface area contributed by atoms with Crippen molar-refractivity contribution >= 4 is 36.4 Å². The van der Waals surface area contributed by atoms with E-state index >= 15 is 0 Å². The van der Waals surface area contributed by atoms with Gasteiger partial charge in [-0.05, 0) is 57.5 Å². The Morgan fingerprint density at radius 1 is 1.38 bits per heavy atom. The number of aromatic nitrogens is 1. The van der Waals surface area contributed by atoms with Crippen molar-refractivity contribution in [1.82, 2.24) is 15.2 Å². The Bertz CT molecular complexity index is 419. The first-order valence-electron chi connectivity index (χ1n) is 6.83. The number of hydrogen-bond donors (Lipinski definition) is 2. The molecule has 2 rings (SSSR count). The van der Waals surface area contributed by atoms with Gasteiger partial charge in [0.15, 0.2) is 0 Å². The van der Waals surface area contributed by atoms with Crippen molar-refractivity contribution in [2.24, 2.45) is 5.92 Å². The first-order valence-corrected chi connectivity index (χ1v) is 6.83. The van der Waals surface area contributed by atoms with Gasteiger partial charge in [-0.2, -0.15) is 0 Å². The number of anilines is 1. The van der Waals surface area contributed by atoms with E-state index in [1.165, 1.54) is 19.0 Å². The van der Waals surface area contributed by atoms with Crippen LogP contribution in [0, 0.1) is 5.92 Å². The lowest BCUT2D eigenvalue weighted by Crippen LogP contribution is -2.32. The van der Waals surface area contributed by atoms with Crippen LogP contribution in [0.25, 0.3) is 0 Å². The van der Waals surface area contributed by atoms with Crippen molar-refractivity contribution in [3.8, 4) is 0 Å². The number of piperidine rings is 1. The monoisotopic (exact) mass is 334 g/mol. The number of nitrogen functional groups attached to an aromatic ring is 1.